The maximum Gasteiger partial charge on any atom is 0.320 e. The summed E-state index contributed by atoms with van der Waals surface area (Å²) >= 11 is 3.42. The predicted molar refractivity (Wildman–Crippen MR) is 78.2 cm³/mol. The van der Waals surface area contributed by atoms with Crippen molar-refractivity contribution in [1.29, 1.82) is 0 Å². The molecule has 5 nitrogen and oxygen atoms in total. The Kier molecular flexibility index (Phi) is 4.25. The number of hydrogen-bond acceptors (Lipinski definition) is 4. The number of fused-ring (bicyclic) bond motifs is 1. The van der Waals surface area contributed by atoms with Crippen LogP contribution in [-0.2, 0) is 11.2 Å². The van der Waals surface area contributed by atoms with Crippen LogP contribution in [0.15, 0.2) is 16.6 Å². The lowest BCUT2D eigenvalue weighted by Crippen LogP contribution is -2.32. The van der Waals surface area contributed by atoms with Gasteiger partial charge in [0.1, 0.15) is 6.04 Å². The average molecular weight is 344 g/mol. The Bertz CT molecular complexity index is 530. The van der Waals surface area contributed by atoms with Crippen LogP contribution in [0.4, 0.5) is 0 Å². The molecule has 1 aromatic rings. The number of nitrogens with two attached hydrogens (primary N) is 1. The molecule has 0 aliphatic carbocycles. The summed E-state index contributed by atoms with van der Waals surface area (Å²) in [5.74, 6) is 0.270. The van der Waals surface area contributed by atoms with Gasteiger partial charge >= 0.3 is 5.97 Å². The van der Waals surface area contributed by atoms with E-state index in [1.165, 1.54) is 0 Å². The minimum Gasteiger partial charge on any atom is -0.489 e. The van der Waals surface area contributed by atoms with E-state index < -0.39 is 12.0 Å². The molecule has 0 spiro atoms. The molecule has 1 aliphatic heterocycles. The first-order valence-corrected chi connectivity index (χ1v) is 7.14. The lowest BCUT2D eigenvalue weighted by atomic mass is 9.97. The van der Waals surface area contributed by atoms with Gasteiger partial charge in [0, 0.05) is 9.89 Å². The molecule has 1 aliphatic rings. The van der Waals surface area contributed by atoms with Crippen LogP contribution >= 0.6 is 15.9 Å². The van der Waals surface area contributed by atoms with Crippen molar-refractivity contribution in [2.75, 3.05) is 13.2 Å². The normalized spacial score (nSPS) is 18.2. The van der Waals surface area contributed by atoms with Crippen molar-refractivity contribution in [3.05, 3.63) is 22.2 Å². The van der Waals surface area contributed by atoms with Gasteiger partial charge in [-0.3, -0.25) is 4.79 Å². The topological polar surface area (TPSA) is 81.8 Å². The van der Waals surface area contributed by atoms with Crippen LogP contribution in [-0.4, -0.2) is 30.3 Å². The third-order valence-electron chi connectivity index (χ3n) is 3.11. The second-order valence-electron chi connectivity index (χ2n) is 5.78. The second-order valence-corrected chi connectivity index (χ2v) is 6.64. The number of carboxylic acids is 1. The van der Waals surface area contributed by atoms with Crippen LogP contribution in [0.2, 0.25) is 0 Å². The maximum atomic E-state index is 10.8. The first kappa shape index (κ1) is 15.1. The highest BCUT2D eigenvalue weighted by Gasteiger charge is 2.26. The summed E-state index contributed by atoms with van der Waals surface area (Å²) in [5.41, 5.74) is 6.30. The van der Waals surface area contributed by atoms with E-state index in [1.54, 1.807) is 12.1 Å². The van der Waals surface area contributed by atoms with Crippen molar-refractivity contribution < 1.29 is 19.4 Å². The molecule has 3 N–H and O–H groups in total. The summed E-state index contributed by atoms with van der Waals surface area (Å²) in [6.45, 7) is 5.25. The second kappa shape index (κ2) is 5.61. The molecule has 0 amide bonds. The quantitative estimate of drug-likeness (QED) is 0.879. The number of hydrogen-bond donors (Lipinski definition) is 2. The molecular formula is C14H18BrNO4. The molecular weight excluding hydrogens is 326 g/mol. The average Bonchev–Trinajstić information content (AvgIpc) is 2.50. The zero-order valence-corrected chi connectivity index (χ0v) is 13.1. The lowest BCUT2D eigenvalue weighted by Gasteiger charge is -2.19. The molecule has 1 heterocycles. The molecule has 2 rings (SSSR count). The molecule has 110 valence electrons. The van der Waals surface area contributed by atoms with E-state index in [0.717, 1.165) is 10.0 Å². The Morgan fingerprint density at radius 2 is 1.95 bits per heavy atom. The number of carboxylic acid groups (broad SMARTS) is 1. The zero-order valence-electron chi connectivity index (χ0n) is 11.5. The van der Waals surface area contributed by atoms with Crippen LogP contribution in [0.1, 0.15) is 19.4 Å². The number of carbonyl (C=O) groups is 1. The van der Waals surface area contributed by atoms with Crippen LogP contribution in [0.25, 0.3) is 0 Å². The minimum atomic E-state index is -1.02. The number of aliphatic carboxylic acids is 1. The summed E-state index contributed by atoms with van der Waals surface area (Å²) in [6, 6.07) is 2.66. The molecule has 1 aromatic carbocycles. The molecule has 0 bridgehead atoms. The van der Waals surface area contributed by atoms with E-state index in [9.17, 15) is 4.79 Å². The van der Waals surface area contributed by atoms with E-state index in [2.05, 4.69) is 29.8 Å². The highest BCUT2D eigenvalue weighted by Crippen LogP contribution is 2.38. The summed E-state index contributed by atoms with van der Waals surface area (Å²) in [6.07, 6.45) is 0.232. The Morgan fingerprint density at radius 3 is 2.50 bits per heavy atom. The van der Waals surface area contributed by atoms with Crippen LogP contribution in [0, 0.1) is 5.41 Å². The summed E-state index contributed by atoms with van der Waals surface area (Å²) in [4.78, 5) is 10.8. The summed E-state index contributed by atoms with van der Waals surface area (Å²) < 4.78 is 12.3. The lowest BCUT2D eigenvalue weighted by molar-refractivity contribution is -0.138. The predicted octanol–water partition coefficient (Wildman–Crippen LogP) is 2.20. The smallest absolute Gasteiger partial charge is 0.320 e. The Balaban J connectivity index is 2.26. The molecule has 0 aromatic heterocycles. The van der Waals surface area contributed by atoms with Crippen molar-refractivity contribution in [3.63, 3.8) is 0 Å². The summed E-state index contributed by atoms with van der Waals surface area (Å²) in [7, 11) is 0. The number of rotatable bonds is 3. The number of halogens is 1. The number of ether oxygens (including phenoxy) is 2. The molecule has 0 fully saturated rings. The Morgan fingerprint density at radius 1 is 1.40 bits per heavy atom. The molecule has 0 saturated carbocycles. The highest BCUT2D eigenvalue weighted by molar-refractivity contribution is 9.10. The van der Waals surface area contributed by atoms with Crippen molar-refractivity contribution in [2.45, 2.75) is 26.3 Å². The fourth-order valence-electron chi connectivity index (χ4n) is 1.87. The molecule has 6 heteroatoms. The van der Waals surface area contributed by atoms with Gasteiger partial charge in [0.25, 0.3) is 0 Å². The van der Waals surface area contributed by atoms with Gasteiger partial charge in [-0.05, 0) is 24.1 Å². The monoisotopic (exact) mass is 343 g/mol. The molecule has 0 radical (unpaired) electrons. The van der Waals surface area contributed by atoms with Crippen molar-refractivity contribution in [2.24, 2.45) is 11.1 Å². The van der Waals surface area contributed by atoms with Gasteiger partial charge in [0.05, 0.1) is 13.2 Å². The van der Waals surface area contributed by atoms with E-state index in [1.807, 2.05) is 0 Å². The van der Waals surface area contributed by atoms with E-state index in [-0.39, 0.29) is 11.8 Å². The molecule has 0 saturated heterocycles. The molecule has 1 unspecified atom stereocenters. The van der Waals surface area contributed by atoms with Gasteiger partial charge in [-0.1, -0.05) is 29.8 Å². The standard InChI is InChI=1S/C14H18BrNO4/c1-14(2)6-19-11-4-8(3-10(16)13(17)18)9(15)5-12(11)20-7-14/h4-5,10H,3,6-7,16H2,1-2H3,(H,17,18). The van der Waals surface area contributed by atoms with Crippen molar-refractivity contribution >= 4 is 21.9 Å². The first-order chi connectivity index (χ1) is 9.28. The van der Waals surface area contributed by atoms with Gasteiger partial charge < -0.3 is 20.3 Å². The largest absolute Gasteiger partial charge is 0.489 e. The first-order valence-electron chi connectivity index (χ1n) is 6.35. The molecule has 20 heavy (non-hydrogen) atoms. The van der Waals surface area contributed by atoms with Crippen molar-refractivity contribution in [3.8, 4) is 11.5 Å². The maximum absolute atomic E-state index is 10.8. The third kappa shape index (κ3) is 3.43. The van der Waals surface area contributed by atoms with Gasteiger partial charge in [0.2, 0.25) is 0 Å². The minimum absolute atomic E-state index is 0.0663. The van der Waals surface area contributed by atoms with E-state index in [4.69, 9.17) is 20.3 Å². The third-order valence-corrected chi connectivity index (χ3v) is 3.84. The van der Waals surface area contributed by atoms with E-state index in [0.29, 0.717) is 24.7 Å². The summed E-state index contributed by atoms with van der Waals surface area (Å²) in [5, 5.41) is 8.89. The van der Waals surface area contributed by atoms with E-state index >= 15 is 0 Å². The van der Waals surface area contributed by atoms with Gasteiger partial charge in [0.15, 0.2) is 11.5 Å². The van der Waals surface area contributed by atoms with Crippen LogP contribution in [0.3, 0.4) is 0 Å². The van der Waals surface area contributed by atoms with Crippen LogP contribution in [0.5, 0.6) is 11.5 Å². The fraction of sp³-hybridized carbons (Fsp3) is 0.500. The highest BCUT2D eigenvalue weighted by atomic mass is 79.9. The van der Waals surface area contributed by atoms with Gasteiger partial charge in [-0.25, -0.2) is 0 Å². The van der Waals surface area contributed by atoms with Gasteiger partial charge in [-0.2, -0.15) is 0 Å². The fourth-order valence-corrected chi connectivity index (χ4v) is 2.36. The van der Waals surface area contributed by atoms with Crippen LogP contribution < -0.4 is 15.2 Å². The Hall–Kier alpha value is -1.27. The van der Waals surface area contributed by atoms with Crippen molar-refractivity contribution in [1.82, 2.24) is 0 Å². The zero-order chi connectivity index (χ0) is 14.9. The van der Waals surface area contributed by atoms with Gasteiger partial charge in [-0.15, -0.1) is 0 Å². The number of benzene rings is 1. The SMILES string of the molecule is CC1(C)COc2cc(Br)c(CC(N)C(=O)O)cc2OC1. The Labute approximate surface area is 126 Å². The molecule has 1 atom stereocenters.